The van der Waals surface area contributed by atoms with Crippen molar-refractivity contribution >= 4 is 56.0 Å². The molecule has 0 saturated heterocycles. The minimum Gasteiger partial charge on any atom is -0.327 e. The second kappa shape index (κ2) is 7.17. The van der Waals surface area contributed by atoms with Gasteiger partial charge >= 0.3 is 0 Å². The topological polar surface area (TPSA) is 34.9 Å². The van der Waals surface area contributed by atoms with Crippen LogP contribution in [0.3, 0.4) is 0 Å². The van der Waals surface area contributed by atoms with Crippen LogP contribution in [0.2, 0.25) is 0 Å². The van der Waals surface area contributed by atoms with E-state index in [1.807, 2.05) is 34.1 Å². The van der Waals surface area contributed by atoms with E-state index in [0.717, 1.165) is 16.9 Å². The van der Waals surface area contributed by atoms with Crippen LogP contribution in [-0.2, 0) is 23.8 Å². The SMILES string of the molecule is CCS(=O)CCn1c(CCCl)nc2cc(I)c(F)cc21. The van der Waals surface area contributed by atoms with Gasteiger partial charge in [0, 0.05) is 47.2 Å². The van der Waals surface area contributed by atoms with Gasteiger partial charge in [-0.3, -0.25) is 4.21 Å². The molecule has 1 unspecified atom stereocenters. The summed E-state index contributed by atoms with van der Waals surface area (Å²) in [6.07, 6.45) is 0.618. The molecule has 0 aliphatic carbocycles. The highest BCUT2D eigenvalue weighted by molar-refractivity contribution is 14.1. The lowest BCUT2D eigenvalue weighted by molar-refractivity contribution is 0.620. The van der Waals surface area contributed by atoms with E-state index < -0.39 is 10.8 Å². The quantitative estimate of drug-likeness (QED) is 0.522. The Morgan fingerprint density at radius 1 is 1.50 bits per heavy atom. The Morgan fingerprint density at radius 2 is 2.25 bits per heavy atom. The molecule has 2 aromatic rings. The third kappa shape index (κ3) is 3.51. The Morgan fingerprint density at radius 3 is 2.90 bits per heavy atom. The number of aromatic nitrogens is 2. The fourth-order valence-corrected chi connectivity index (χ4v) is 3.33. The van der Waals surface area contributed by atoms with Crippen LogP contribution < -0.4 is 0 Å². The molecule has 20 heavy (non-hydrogen) atoms. The monoisotopic (exact) mass is 428 g/mol. The molecule has 2 rings (SSSR count). The van der Waals surface area contributed by atoms with Crippen LogP contribution in [-0.4, -0.2) is 31.1 Å². The highest BCUT2D eigenvalue weighted by Crippen LogP contribution is 2.22. The second-order valence-corrected chi connectivity index (χ2v) is 7.71. The Labute approximate surface area is 138 Å². The molecule has 0 fully saturated rings. The fraction of sp³-hybridized carbons (Fsp3) is 0.462. The summed E-state index contributed by atoms with van der Waals surface area (Å²) in [5.41, 5.74) is 1.51. The first-order chi connectivity index (χ1) is 9.56. The second-order valence-electron chi connectivity index (χ2n) is 4.31. The summed E-state index contributed by atoms with van der Waals surface area (Å²) in [5, 5.41) is 0. The average molecular weight is 429 g/mol. The Hall–Kier alpha value is -0.210. The molecule has 0 N–H and O–H groups in total. The third-order valence-electron chi connectivity index (χ3n) is 3.05. The first-order valence-electron chi connectivity index (χ1n) is 6.32. The van der Waals surface area contributed by atoms with Crippen molar-refractivity contribution in [3.8, 4) is 0 Å². The van der Waals surface area contributed by atoms with Crippen LogP contribution in [0.4, 0.5) is 4.39 Å². The van der Waals surface area contributed by atoms with E-state index in [0.29, 0.717) is 33.9 Å². The minimum atomic E-state index is -0.853. The first kappa shape index (κ1) is 16.2. The van der Waals surface area contributed by atoms with Crippen LogP contribution in [0.1, 0.15) is 12.7 Å². The van der Waals surface area contributed by atoms with Gasteiger partial charge in [-0.05, 0) is 28.7 Å². The number of fused-ring (bicyclic) bond motifs is 1. The number of hydrogen-bond donors (Lipinski definition) is 0. The van der Waals surface area contributed by atoms with E-state index >= 15 is 0 Å². The van der Waals surface area contributed by atoms with Gasteiger partial charge in [-0.1, -0.05) is 6.92 Å². The van der Waals surface area contributed by atoms with Crippen molar-refractivity contribution in [3.63, 3.8) is 0 Å². The highest BCUT2D eigenvalue weighted by Gasteiger charge is 2.13. The molecule has 3 nitrogen and oxygen atoms in total. The van der Waals surface area contributed by atoms with Gasteiger partial charge < -0.3 is 4.57 Å². The van der Waals surface area contributed by atoms with Crippen molar-refractivity contribution in [1.29, 1.82) is 0 Å². The summed E-state index contributed by atoms with van der Waals surface area (Å²) < 4.78 is 27.8. The molecule has 0 spiro atoms. The van der Waals surface area contributed by atoms with Gasteiger partial charge in [0.25, 0.3) is 0 Å². The number of halogens is 3. The molecule has 1 atom stereocenters. The number of rotatable bonds is 6. The normalized spacial score (nSPS) is 13.0. The molecule has 110 valence electrons. The number of imidazole rings is 1. The number of aryl methyl sites for hydroxylation is 2. The van der Waals surface area contributed by atoms with Crippen LogP contribution >= 0.6 is 34.2 Å². The van der Waals surface area contributed by atoms with Crippen LogP contribution in [0.15, 0.2) is 12.1 Å². The third-order valence-corrected chi connectivity index (χ3v) is 5.35. The number of nitrogens with zero attached hydrogens (tertiary/aromatic N) is 2. The molecule has 0 radical (unpaired) electrons. The van der Waals surface area contributed by atoms with Gasteiger partial charge in [-0.25, -0.2) is 9.37 Å². The summed E-state index contributed by atoms with van der Waals surface area (Å²) in [6, 6.07) is 3.23. The molecule has 1 aromatic heterocycles. The van der Waals surface area contributed by atoms with E-state index in [-0.39, 0.29) is 5.82 Å². The Bertz CT molecular complexity index is 647. The zero-order chi connectivity index (χ0) is 14.7. The lowest BCUT2D eigenvalue weighted by atomic mass is 10.3. The molecule has 0 saturated carbocycles. The Balaban J connectivity index is 2.44. The van der Waals surface area contributed by atoms with Gasteiger partial charge in [0.05, 0.1) is 14.6 Å². The average Bonchev–Trinajstić information content (AvgIpc) is 2.74. The van der Waals surface area contributed by atoms with E-state index in [2.05, 4.69) is 4.98 Å². The van der Waals surface area contributed by atoms with Gasteiger partial charge in [-0.15, -0.1) is 11.6 Å². The van der Waals surface area contributed by atoms with Crippen molar-refractivity contribution in [2.75, 3.05) is 17.4 Å². The summed E-state index contributed by atoms with van der Waals surface area (Å²) in [6.45, 7) is 2.47. The highest BCUT2D eigenvalue weighted by atomic mass is 127. The van der Waals surface area contributed by atoms with Crippen molar-refractivity contribution in [3.05, 3.63) is 27.3 Å². The minimum absolute atomic E-state index is 0.256. The summed E-state index contributed by atoms with van der Waals surface area (Å²) in [7, 11) is -0.853. The van der Waals surface area contributed by atoms with Crippen LogP contribution in [0.5, 0.6) is 0 Å². The van der Waals surface area contributed by atoms with Crippen LogP contribution in [0, 0.1) is 9.39 Å². The number of hydrogen-bond acceptors (Lipinski definition) is 2. The maximum absolute atomic E-state index is 13.8. The molecule has 1 heterocycles. The van der Waals surface area contributed by atoms with E-state index in [4.69, 9.17) is 11.6 Å². The van der Waals surface area contributed by atoms with Crippen molar-refractivity contribution < 1.29 is 8.60 Å². The van der Waals surface area contributed by atoms with E-state index in [9.17, 15) is 8.60 Å². The zero-order valence-electron chi connectivity index (χ0n) is 11.0. The lowest BCUT2D eigenvalue weighted by Crippen LogP contribution is -2.12. The predicted molar refractivity (Wildman–Crippen MR) is 90.4 cm³/mol. The fourth-order valence-electron chi connectivity index (χ4n) is 2.03. The molecule has 1 aromatic carbocycles. The van der Waals surface area contributed by atoms with Crippen molar-refractivity contribution in [1.82, 2.24) is 9.55 Å². The first-order valence-corrected chi connectivity index (χ1v) is 9.42. The van der Waals surface area contributed by atoms with Crippen molar-refractivity contribution in [2.45, 2.75) is 19.9 Å². The predicted octanol–water partition coefficient (Wildman–Crippen LogP) is 3.33. The smallest absolute Gasteiger partial charge is 0.138 e. The zero-order valence-corrected chi connectivity index (χ0v) is 14.8. The van der Waals surface area contributed by atoms with Gasteiger partial charge in [0.1, 0.15) is 11.6 Å². The largest absolute Gasteiger partial charge is 0.327 e. The molecular weight excluding hydrogens is 414 g/mol. The molecule has 0 aliphatic heterocycles. The molecule has 0 bridgehead atoms. The summed E-state index contributed by atoms with van der Waals surface area (Å²) >= 11 is 7.75. The van der Waals surface area contributed by atoms with Crippen LogP contribution in [0.25, 0.3) is 11.0 Å². The standard InChI is InChI=1S/C13H15ClFIN2OS/c1-2-20(19)6-5-18-12-7-9(15)10(16)8-11(12)17-13(18)3-4-14/h7-8H,2-6H2,1H3. The number of alkyl halides is 1. The Kier molecular flexibility index (Phi) is 5.80. The van der Waals surface area contributed by atoms with Gasteiger partial charge in [-0.2, -0.15) is 0 Å². The van der Waals surface area contributed by atoms with E-state index in [1.165, 1.54) is 6.07 Å². The number of benzene rings is 1. The van der Waals surface area contributed by atoms with Gasteiger partial charge in [0.2, 0.25) is 0 Å². The molecule has 0 aliphatic rings. The molecule has 0 amide bonds. The maximum atomic E-state index is 13.8. The maximum Gasteiger partial charge on any atom is 0.138 e. The molecular formula is C13H15ClFIN2OS. The van der Waals surface area contributed by atoms with E-state index in [1.54, 1.807) is 6.07 Å². The molecule has 7 heteroatoms. The van der Waals surface area contributed by atoms with Gasteiger partial charge in [0.15, 0.2) is 0 Å². The lowest BCUT2D eigenvalue weighted by Gasteiger charge is -2.08. The summed E-state index contributed by atoms with van der Waals surface area (Å²) in [4.78, 5) is 4.52. The van der Waals surface area contributed by atoms with Crippen molar-refractivity contribution in [2.24, 2.45) is 0 Å². The summed E-state index contributed by atoms with van der Waals surface area (Å²) in [5.74, 6) is 2.20.